The van der Waals surface area contributed by atoms with E-state index in [1.807, 2.05) is 19.1 Å². The summed E-state index contributed by atoms with van der Waals surface area (Å²) in [5.74, 6) is 1.47. The monoisotopic (exact) mass is 221 g/mol. The van der Waals surface area contributed by atoms with Gasteiger partial charge in [-0.25, -0.2) is 4.98 Å². The highest BCUT2D eigenvalue weighted by molar-refractivity contribution is 7.18. The third kappa shape index (κ3) is 2.48. The van der Waals surface area contributed by atoms with E-state index in [1.165, 1.54) is 4.70 Å². The molecule has 0 aliphatic heterocycles. The van der Waals surface area contributed by atoms with Crippen LogP contribution in [0.2, 0.25) is 0 Å². The summed E-state index contributed by atoms with van der Waals surface area (Å²) in [7, 11) is 0. The fraction of sp³-hybridized carbons (Fsp3) is 0.417. The average Bonchev–Trinajstić information content (AvgIpc) is 2.53. The molecule has 0 unspecified atom stereocenters. The van der Waals surface area contributed by atoms with E-state index in [0.29, 0.717) is 5.92 Å². The minimum atomic E-state index is 0.554. The molecule has 0 aliphatic carbocycles. The Bertz CT molecular complexity index is 462. The minimum Gasteiger partial charge on any atom is -0.493 e. The summed E-state index contributed by atoms with van der Waals surface area (Å²) in [5, 5.41) is 1.10. The molecule has 2 rings (SSSR count). The number of fused-ring (bicyclic) bond motifs is 1. The largest absolute Gasteiger partial charge is 0.493 e. The van der Waals surface area contributed by atoms with Crippen LogP contribution in [0.4, 0.5) is 0 Å². The van der Waals surface area contributed by atoms with Crippen molar-refractivity contribution >= 4 is 21.6 Å². The van der Waals surface area contributed by atoms with Crippen LogP contribution in [0.1, 0.15) is 18.9 Å². The van der Waals surface area contributed by atoms with Gasteiger partial charge < -0.3 is 4.74 Å². The van der Waals surface area contributed by atoms with Crippen molar-refractivity contribution in [2.75, 3.05) is 6.61 Å². The van der Waals surface area contributed by atoms with E-state index in [2.05, 4.69) is 24.9 Å². The predicted molar refractivity (Wildman–Crippen MR) is 64.7 cm³/mol. The van der Waals surface area contributed by atoms with Crippen molar-refractivity contribution in [3.8, 4) is 5.75 Å². The summed E-state index contributed by atoms with van der Waals surface area (Å²) in [6.45, 7) is 7.07. The average molecular weight is 221 g/mol. The molecule has 3 heteroatoms. The zero-order valence-electron chi connectivity index (χ0n) is 9.28. The molecule has 0 spiro atoms. The Morgan fingerprint density at radius 3 is 2.93 bits per heavy atom. The molecule has 0 atom stereocenters. The number of benzene rings is 1. The summed E-state index contributed by atoms with van der Waals surface area (Å²) >= 11 is 1.72. The third-order valence-electron chi connectivity index (χ3n) is 2.05. The van der Waals surface area contributed by atoms with Crippen LogP contribution in [0.15, 0.2) is 18.2 Å². The molecular weight excluding hydrogens is 206 g/mol. The van der Waals surface area contributed by atoms with Gasteiger partial charge in [-0.3, -0.25) is 0 Å². The van der Waals surface area contributed by atoms with Gasteiger partial charge in [0.2, 0.25) is 0 Å². The topological polar surface area (TPSA) is 22.1 Å². The first-order chi connectivity index (χ1) is 7.15. The molecule has 0 radical (unpaired) electrons. The second kappa shape index (κ2) is 4.19. The van der Waals surface area contributed by atoms with Gasteiger partial charge in [0.05, 0.1) is 21.8 Å². The first kappa shape index (κ1) is 10.4. The Morgan fingerprint density at radius 1 is 1.40 bits per heavy atom. The van der Waals surface area contributed by atoms with Crippen LogP contribution in [-0.4, -0.2) is 11.6 Å². The standard InChI is InChI=1S/C12H15NOS/c1-8(2)7-14-10-4-5-12-11(6-10)13-9(3)15-12/h4-6,8H,7H2,1-3H3. The lowest BCUT2D eigenvalue weighted by Crippen LogP contribution is -2.04. The lowest BCUT2D eigenvalue weighted by molar-refractivity contribution is 0.271. The maximum atomic E-state index is 5.65. The zero-order valence-corrected chi connectivity index (χ0v) is 10.1. The zero-order chi connectivity index (χ0) is 10.8. The highest BCUT2D eigenvalue weighted by Gasteiger charge is 2.02. The molecule has 0 aliphatic rings. The number of hydrogen-bond donors (Lipinski definition) is 0. The molecule has 80 valence electrons. The van der Waals surface area contributed by atoms with Crippen molar-refractivity contribution in [3.05, 3.63) is 23.2 Å². The molecule has 0 amide bonds. The first-order valence-corrected chi connectivity index (χ1v) is 5.97. The van der Waals surface area contributed by atoms with Crippen molar-refractivity contribution in [2.45, 2.75) is 20.8 Å². The smallest absolute Gasteiger partial charge is 0.121 e. The van der Waals surface area contributed by atoms with E-state index in [1.54, 1.807) is 11.3 Å². The second-order valence-corrected chi connectivity index (χ2v) is 5.30. The van der Waals surface area contributed by atoms with Crippen LogP contribution in [-0.2, 0) is 0 Å². The molecule has 2 aromatic rings. The number of aryl methyl sites for hydroxylation is 1. The lowest BCUT2D eigenvalue weighted by Gasteiger charge is -2.07. The highest BCUT2D eigenvalue weighted by atomic mass is 32.1. The molecule has 0 saturated heterocycles. The maximum absolute atomic E-state index is 5.65. The predicted octanol–water partition coefficient (Wildman–Crippen LogP) is 3.64. The molecule has 0 bridgehead atoms. The Balaban J connectivity index is 2.22. The highest BCUT2D eigenvalue weighted by Crippen LogP contribution is 2.25. The van der Waals surface area contributed by atoms with Crippen molar-refractivity contribution in [1.29, 1.82) is 0 Å². The lowest BCUT2D eigenvalue weighted by atomic mass is 10.2. The molecule has 0 N–H and O–H groups in total. The van der Waals surface area contributed by atoms with Crippen LogP contribution in [0, 0.1) is 12.8 Å². The summed E-state index contributed by atoms with van der Waals surface area (Å²) < 4.78 is 6.88. The summed E-state index contributed by atoms with van der Waals surface area (Å²) in [5.41, 5.74) is 1.04. The molecule has 2 nitrogen and oxygen atoms in total. The van der Waals surface area contributed by atoms with Gasteiger partial charge in [0.15, 0.2) is 0 Å². The quantitative estimate of drug-likeness (QED) is 0.789. The third-order valence-corrected chi connectivity index (χ3v) is 3.00. The number of aromatic nitrogens is 1. The van der Waals surface area contributed by atoms with Crippen molar-refractivity contribution < 1.29 is 4.74 Å². The Kier molecular flexibility index (Phi) is 2.91. The normalized spacial score (nSPS) is 11.2. The Hall–Kier alpha value is -1.09. The number of hydrogen-bond acceptors (Lipinski definition) is 3. The molecule has 0 saturated carbocycles. The van der Waals surface area contributed by atoms with Gasteiger partial charge in [-0.05, 0) is 25.0 Å². The van der Waals surface area contributed by atoms with Crippen molar-refractivity contribution in [3.63, 3.8) is 0 Å². The van der Waals surface area contributed by atoms with Crippen LogP contribution in [0.5, 0.6) is 5.75 Å². The number of rotatable bonds is 3. The van der Waals surface area contributed by atoms with E-state index in [0.717, 1.165) is 22.9 Å². The van der Waals surface area contributed by atoms with E-state index >= 15 is 0 Å². The molecule has 15 heavy (non-hydrogen) atoms. The van der Waals surface area contributed by atoms with Crippen molar-refractivity contribution in [1.82, 2.24) is 4.98 Å². The van der Waals surface area contributed by atoms with E-state index in [4.69, 9.17) is 4.74 Å². The Morgan fingerprint density at radius 2 is 2.20 bits per heavy atom. The fourth-order valence-electron chi connectivity index (χ4n) is 1.38. The summed E-state index contributed by atoms with van der Waals surface area (Å²) in [4.78, 5) is 4.44. The molecular formula is C12H15NOS. The molecule has 1 aromatic heterocycles. The summed E-state index contributed by atoms with van der Waals surface area (Å²) in [6, 6.07) is 6.11. The van der Waals surface area contributed by atoms with E-state index in [9.17, 15) is 0 Å². The molecule has 0 fully saturated rings. The first-order valence-electron chi connectivity index (χ1n) is 5.15. The van der Waals surface area contributed by atoms with E-state index < -0.39 is 0 Å². The maximum Gasteiger partial charge on any atom is 0.121 e. The van der Waals surface area contributed by atoms with Gasteiger partial charge >= 0.3 is 0 Å². The Labute approximate surface area is 93.9 Å². The number of thiazole rings is 1. The van der Waals surface area contributed by atoms with Gasteiger partial charge in [-0.15, -0.1) is 11.3 Å². The fourth-order valence-corrected chi connectivity index (χ4v) is 2.18. The summed E-state index contributed by atoms with van der Waals surface area (Å²) in [6.07, 6.45) is 0. The van der Waals surface area contributed by atoms with Gasteiger partial charge in [0.1, 0.15) is 5.75 Å². The van der Waals surface area contributed by atoms with Gasteiger partial charge in [-0.2, -0.15) is 0 Å². The van der Waals surface area contributed by atoms with Gasteiger partial charge in [-0.1, -0.05) is 13.8 Å². The van der Waals surface area contributed by atoms with Crippen LogP contribution >= 0.6 is 11.3 Å². The van der Waals surface area contributed by atoms with Gasteiger partial charge in [0.25, 0.3) is 0 Å². The van der Waals surface area contributed by atoms with Gasteiger partial charge in [0, 0.05) is 6.07 Å². The van der Waals surface area contributed by atoms with Crippen LogP contribution in [0.25, 0.3) is 10.2 Å². The minimum absolute atomic E-state index is 0.554. The van der Waals surface area contributed by atoms with E-state index in [-0.39, 0.29) is 0 Å². The van der Waals surface area contributed by atoms with Crippen LogP contribution in [0.3, 0.4) is 0 Å². The second-order valence-electron chi connectivity index (χ2n) is 4.07. The van der Waals surface area contributed by atoms with Crippen LogP contribution < -0.4 is 4.74 Å². The van der Waals surface area contributed by atoms with Crippen molar-refractivity contribution in [2.24, 2.45) is 5.92 Å². The SMILES string of the molecule is Cc1nc2cc(OCC(C)C)ccc2s1. The number of ether oxygens (including phenoxy) is 1. The molecule has 1 aromatic carbocycles. The molecule has 1 heterocycles. The number of nitrogens with zero attached hydrogens (tertiary/aromatic N) is 1.